The number of anilines is 2. The van der Waals surface area contributed by atoms with Gasteiger partial charge in [0, 0.05) is 17.6 Å². The summed E-state index contributed by atoms with van der Waals surface area (Å²) in [5.74, 6) is -0.985. The van der Waals surface area contributed by atoms with Gasteiger partial charge in [0.1, 0.15) is 5.56 Å². The predicted molar refractivity (Wildman–Crippen MR) is 75.0 cm³/mol. The molecule has 0 spiro atoms. The third-order valence-corrected chi connectivity index (χ3v) is 2.89. The van der Waals surface area contributed by atoms with Crippen LogP contribution in [-0.4, -0.2) is 16.1 Å². The molecule has 98 valence electrons. The Hall–Kier alpha value is -2.36. The van der Waals surface area contributed by atoms with Crippen molar-refractivity contribution in [2.45, 2.75) is 20.3 Å². The highest BCUT2D eigenvalue weighted by Crippen LogP contribution is 2.22. The number of aromatic carboxylic acids is 1. The topological polar surface area (TPSA) is 62.2 Å². The summed E-state index contributed by atoms with van der Waals surface area (Å²) in [5, 5.41) is 12.3. The quantitative estimate of drug-likeness (QED) is 0.880. The van der Waals surface area contributed by atoms with Crippen LogP contribution in [0.25, 0.3) is 0 Å². The van der Waals surface area contributed by atoms with Crippen LogP contribution < -0.4 is 5.32 Å². The van der Waals surface area contributed by atoms with Crippen LogP contribution in [0.2, 0.25) is 0 Å². The number of rotatable bonds is 4. The van der Waals surface area contributed by atoms with E-state index in [9.17, 15) is 4.79 Å². The van der Waals surface area contributed by atoms with Gasteiger partial charge in [0.2, 0.25) is 0 Å². The molecule has 0 fully saturated rings. The number of hydrogen-bond acceptors (Lipinski definition) is 3. The molecule has 2 rings (SSSR count). The lowest BCUT2D eigenvalue weighted by atomic mass is 10.1. The van der Waals surface area contributed by atoms with Crippen molar-refractivity contribution in [2.24, 2.45) is 0 Å². The normalized spacial score (nSPS) is 10.2. The standard InChI is InChI=1S/C15H16N2O2/c1-3-11-5-4-6-12(8-11)17-14-7-10(2)16-9-13(14)15(18)19/h4-9H,3H2,1-2H3,(H,16,17)(H,18,19). The van der Waals surface area contributed by atoms with Crippen LogP contribution in [0, 0.1) is 6.92 Å². The first-order valence-electron chi connectivity index (χ1n) is 6.16. The smallest absolute Gasteiger partial charge is 0.339 e. The van der Waals surface area contributed by atoms with E-state index in [0.29, 0.717) is 5.69 Å². The second-order valence-electron chi connectivity index (χ2n) is 4.36. The Morgan fingerprint density at radius 2 is 2.16 bits per heavy atom. The van der Waals surface area contributed by atoms with Crippen molar-refractivity contribution >= 4 is 17.3 Å². The monoisotopic (exact) mass is 256 g/mol. The molecule has 0 atom stereocenters. The van der Waals surface area contributed by atoms with Crippen LogP contribution >= 0.6 is 0 Å². The minimum absolute atomic E-state index is 0.174. The van der Waals surface area contributed by atoms with E-state index in [1.807, 2.05) is 31.2 Å². The summed E-state index contributed by atoms with van der Waals surface area (Å²) in [4.78, 5) is 15.2. The fourth-order valence-corrected chi connectivity index (χ4v) is 1.86. The van der Waals surface area contributed by atoms with E-state index in [1.54, 1.807) is 6.07 Å². The molecule has 2 aromatic rings. The highest BCUT2D eigenvalue weighted by molar-refractivity contribution is 5.94. The number of benzene rings is 1. The first-order chi connectivity index (χ1) is 9.10. The molecular formula is C15H16N2O2. The van der Waals surface area contributed by atoms with Gasteiger partial charge >= 0.3 is 5.97 Å². The van der Waals surface area contributed by atoms with Gasteiger partial charge in [-0.3, -0.25) is 4.98 Å². The minimum Gasteiger partial charge on any atom is -0.478 e. The van der Waals surface area contributed by atoms with E-state index in [1.165, 1.54) is 11.8 Å². The highest BCUT2D eigenvalue weighted by atomic mass is 16.4. The number of nitrogens with one attached hydrogen (secondary N) is 1. The number of pyridine rings is 1. The van der Waals surface area contributed by atoms with Crippen molar-refractivity contribution in [1.29, 1.82) is 0 Å². The van der Waals surface area contributed by atoms with E-state index >= 15 is 0 Å². The number of carbonyl (C=O) groups is 1. The average molecular weight is 256 g/mol. The molecule has 4 nitrogen and oxygen atoms in total. The van der Waals surface area contributed by atoms with E-state index in [-0.39, 0.29) is 5.56 Å². The number of nitrogens with zero attached hydrogens (tertiary/aromatic N) is 1. The summed E-state index contributed by atoms with van der Waals surface area (Å²) in [5.41, 5.74) is 3.60. The van der Waals surface area contributed by atoms with Gasteiger partial charge in [0.05, 0.1) is 5.69 Å². The van der Waals surface area contributed by atoms with Gasteiger partial charge in [-0.1, -0.05) is 19.1 Å². The zero-order chi connectivity index (χ0) is 13.8. The second-order valence-corrected chi connectivity index (χ2v) is 4.36. The Kier molecular flexibility index (Phi) is 3.80. The highest BCUT2D eigenvalue weighted by Gasteiger charge is 2.11. The van der Waals surface area contributed by atoms with Crippen molar-refractivity contribution in [1.82, 2.24) is 4.98 Å². The van der Waals surface area contributed by atoms with Crippen molar-refractivity contribution in [2.75, 3.05) is 5.32 Å². The van der Waals surface area contributed by atoms with Gasteiger partial charge in [0.15, 0.2) is 0 Å². The zero-order valence-corrected chi connectivity index (χ0v) is 11.0. The molecule has 0 saturated heterocycles. The zero-order valence-electron chi connectivity index (χ0n) is 11.0. The molecule has 4 heteroatoms. The number of carboxylic acids is 1. The Labute approximate surface area is 112 Å². The Balaban J connectivity index is 2.36. The minimum atomic E-state index is -0.985. The van der Waals surface area contributed by atoms with Gasteiger partial charge in [-0.2, -0.15) is 0 Å². The molecule has 0 radical (unpaired) electrons. The molecule has 0 bridgehead atoms. The van der Waals surface area contributed by atoms with E-state index in [4.69, 9.17) is 5.11 Å². The van der Waals surface area contributed by atoms with Crippen LogP contribution in [0.15, 0.2) is 36.5 Å². The first kappa shape index (κ1) is 13.1. The van der Waals surface area contributed by atoms with Gasteiger partial charge in [0.25, 0.3) is 0 Å². The average Bonchev–Trinajstić information content (AvgIpc) is 2.38. The maximum atomic E-state index is 11.2. The molecule has 0 aliphatic rings. The maximum Gasteiger partial charge on any atom is 0.339 e. The van der Waals surface area contributed by atoms with Gasteiger partial charge < -0.3 is 10.4 Å². The van der Waals surface area contributed by atoms with E-state index in [0.717, 1.165) is 17.8 Å². The van der Waals surface area contributed by atoms with Crippen molar-refractivity contribution in [3.8, 4) is 0 Å². The molecular weight excluding hydrogens is 240 g/mol. The molecule has 0 amide bonds. The Bertz CT molecular complexity index is 609. The van der Waals surface area contributed by atoms with Crippen LogP contribution in [0.1, 0.15) is 28.5 Å². The van der Waals surface area contributed by atoms with Crippen LogP contribution in [0.5, 0.6) is 0 Å². The summed E-state index contributed by atoms with van der Waals surface area (Å²) < 4.78 is 0. The lowest BCUT2D eigenvalue weighted by Gasteiger charge is -2.11. The molecule has 1 heterocycles. The number of aryl methyl sites for hydroxylation is 2. The van der Waals surface area contributed by atoms with Crippen molar-refractivity contribution in [3.05, 3.63) is 53.3 Å². The van der Waals surface area contributed by atoms with E-state index in [2.05, 4.69) is 17.2 Å². The van der Waals surface area contributed by atoms with Gasteiger partial charge in [-0.25, -0.2) is 4.79 Å². The molecule has 2 N–H and O–H groups in total. The molecule has 0 unspecified atom stereocenters. The summed E-state index contributed by atoms with van der Waals surface area (Å²) >= 11 is 0. The SMILES string of the molecule is CCc1cccc(Nc2cc(C)ncc2C(=O)O)c1. The Morgan fingerprint density at radius 3 is 2.84 bits per heavy atom. The largest absolute Gasteiger partial charge is 0.478 e. The molecule has 1 aromatic carbocycles. The fraction of sp³-hybridized carbons (Fsp3) is 0.200. The number of carboxylic acid groups (broad SMARTS) is 1. The summed E-state index contributed by atoms with van der Waals surface area (Å²) in [6.45, 7) is 3.91. The lowest BCUT2D eigenvalue weighted by Crippen LogP contribution is -2.04. The Morgan fingerprint density at radius 1 is 1.37 bits per heavy atom. The third kappa shape index (κ3) is 3.10. The fourth-order valence-electron chi connectivity index (χ4n) is 1.86. The van der Waals surface area contributed by atoms with Crippen molar-refractivity contribution < 1.29 is 9.90 Å². The first-order valence-corrected chi connectivity index (χ1v) is 6.16. The summed E-state index contributed by atoms with van der Waals surface area (Å²) in [6.07, 6.45) is 2.32. The molecule has 0 saturated carbocycles. The molecule has 0 aliphatic heterocycles. The summed E-state index contributed by atoms with van der Waals surface area (Å²) in [6, 6.07) is 9.67. The maximum absolute atomic E-state index is 11.2. The van der Waals surface area contributed by atoms with Crippen LogP contribution in [0.3, 0.4) is 0 Å². The van der Waals surface area contributed by atoms with Crippen LogP contribution in [-0.2, 0) is 6.42 Å². The molecule has 1 aromatic heterocycles. The molecule has 19 heavy (non-hydrogen) atoms. The number of hydrogen-bond donors (Lipinski definition) is 2. The van der Waals surface area contributed by atoms with E-state index < -0.39 is 5.97 Å². The number of aromatic nitrogens is 1. The lowest BCUT2D eigenvalue weighted by molar-refractivity contribution is 0.0697. The summed E-state index contributed by atoms with van der Waals surface area (Å²) in [7, 11) is 0. The predicted octanol–water partition coefficient (Wildman–Crippen LogP) is 3.39. The third-order valence-electron chi connectivity index (χ3n) is 2.89. The van der Waals surface area contributed by atoms with Gasteiger partial charge in [-0.05, 0) is 37.1 Å². The van der Waals surface area contributed by atoms with Crippen molar-refractivity contribution in [3.63, 3.8) is 0 Å². The second kappa shape index (κ2) is 5.52. The van der Waals surface area contributed by atoms with Crippen LogP contribution in [0.4, 0.5) is 11.4 Å². The van der Waals surface area contributed by atoms with Gasteiger partial charge in [-0.15, -0.1) is 0 Å². The molecule has 0 aliphatic carbocycles.